The number of fused-ring (bicyclic) bond motifs is 11. The average Bonchev–Trinajstić information content (AvgIpc) is 3.44. The standard InChI is InChI=1S/C38H23N3S/c1-22-18-20-23(21-19-22)34-28-14-6-8-16-30(28)39-38(41-34)35-26-12-4-2-10-24(26)32-25-11-3-5-13-27(25)37-33(36(32)40-35)29-15-7-9-17-31(29)42-37/h2-21H,1H3. The molecule has 196 valence electrons. The summed E-state index contributed by atoms with van der Waals surface area (Å²) in [7, 11) is 0. The Labute approximate surface area is 245 Å². The van der Waals surface area contributed by atoms with Gasteiger partial charge in [-0.1, -0.05) is 115 Å². The molecule has 4 heteroatoms. The molecule has 0 saturated carbocycles. The summed E-state index contributed by atoms with van der Waals surface area (Å²) in [5, 5.41) is 9.37. The minimum Gasteiger partial charge on any atom is -0.243 e. The normalized spacial score (nSPS) is 11.9. The Kier molecular flexibility index (Phi) is 4.98. The van der Waals surface area contributed by atoms with E-state index in [0.717, 1.165) is 38.8 Å². The van der Waals surface area contributed by atoms with E-state index in [1.165, 1.54) is 47.3 Å². The highest BCUT2D eigenvalue weighted by molar-refractivity contribution is 7.27. The molecule has 0 spiro atoms. The first-order chi connectivity index (χ1) is 20.7. The topological polar surface area (TPSA) is 38.7 Å². The van der Waals surface area contributed by atoms with Crippen LogP contribution in [0.4, 0.5) is 0 Å². The summed E-state index contributed by atoms with van der Waals surface area (Å²) in [6.45, 7) is 2.11. The number of aromatic nitrogens is 3. The van der Waals surface area contributed by atoms with Gasteiger partial charge in [-0.15, -0.1) is 11.3 Å². The number of rotatable bonds is 2. The van der Waals surface area contributed by atoms with Gasteiger partial charge in [0.1, 0.15) is 5.69 Å². The molecule has 0 aliphatic carbocycles. The van der Waals surface area contributed by atoms with E-state index in [0.29, 0.717) is 5.82 Å². The van der Waals surface area contributed by atoms with Crippen LogP contribution < -0.4 is 0 Å². The van der Waals surface area contributed by atoms with E-state index in [-0.39, 0.29) is 0 Å². The number of pyridine rings is 1. The number of benzene rings is 6. The van der Waals surface area contributed by atoms with Gasteiger partial charge in [0.05, 0.1) is 16.7 Å². The first-order valence-corrected chi connectivity index (χ1v) is 14.9. The van der Waals surface area contributed by atoms with Crippen LogP contribution in [0.2, 0.25) is 0 Å². The molecule has 0 atom stereocenters. The van der Waals surface area contributed by atoms with E-state index in [4.69, 9.17) is 15.0 Å². The molecule has 0 bridgehead atoms. The van der Waals surface area contributed by atoms with Crippen LogP contribution in [0.15, 0.2) is 121 Å². The first kappa shape index (κ1) is 23.5. The van der Waals surface area contributed by atoms with Crippen molar-refractivity contribution in [3.63, 3.8) is 0 Å². The molecule has 3 aromatic heterocycles. The maximum absolute atomic E-state index is 5.51. The van der Waals surface area contributed by atoms with Crippen LogP contribution in [0, 0.1) is 6.92 Å². The molecule has 0 aliphatic heterocycles. The third-order valence-electron chi connectivity index (χ3n) is 8.33. The van der Waals surface area contributed by atoms with Gasteiger partial charge >= 0.3 is 0 Å². The molecule has 0 unspecified atom stereocenters. The Morgan fingerprint density at radius 1 is 0.476 bits per heavy atom. The Balaban J connectivity index is 1.48. The zero-order chi connectivity index (χ0) is 27.8. The zero-order valence-corrected chi connectivity index (χ0v) is 23.6. The minimum atomic E-state index is 0.642. The lowest BCUT2D eigenvalue weighted by Crippen LogP contribution is -1.99. The van der Waals surface area contributed by atoms with Crippen molar-refractivity contribution in [3.05, 3.63) is 127 Å². The van der Waals surface area contributed by atoms with Gasteiger partial charge in [0.25, 0.3) is 0 Å². The van der Waals surface area contributed by atoms with Crippen LogP contribution in [0.1, 0.15) is 5.56 Å². The summed E-state index contributed by atoms with van der Waals surface area (Å²) >= 11 is 1.84. The second kappa shape index (κ2) is 8.90. The van der Waals surface area contributed by atoms with E-state index in [9.17, 15) is 0 Å². The third kappa shape index (κ3) is 3.36. The highest BCUT2D eigenvalue weighted by Crippen LogP contribution is 2.46. The van der Waals surface area contributed by atoms with E-state index < -0.39 is 0 Å². The zero-order valence-electron chi connectivity index (χ0n) is 22.8. The van der Waals surface area contributed by atoms with Crippen molar-refractivity contribution < 1.29 is 0 Å². The van der Waals surface area contributed by atoms with Crippen LogP contribution in [0.5, 0.6) is 0 Å². The lowest BCUT2D eigenvalue weighted by atomic mass is 9.95. The summed E-state index contributed by atoms with van der Waals surface area (Å²) in [6.07, 6.45) is 0. The van der Waals surface area contributed by atoms with Gasteiger partial charge in [-0.2, -0.15) is 0 Å². The fourth-order valence-corrected chi connectivity index (χ4v) is 7.61. The fraction of sp³-hybridized carbons (Fsp3) is 0.0263. The summed E-state index contributed by atoms with van der Waals surface area (Å²) in [5.74, 6) is 0.642. The molecule has 9 rings (SSSR count). The van der Waals surface area contributed by atoms with E-state index in [2.05, 4.69) is 122 Å². The molecule has 0 N–H and O–H groups in total. The Morgan fingerprint density at radius 3 is 1.88 bits per heavy atom. The third-order valence-corrected chi connectivity index (χ3v) is 9.53. The maximum atomic E-state index is 5.51. The quantitative estimate of drug-likeness (QED) is 0.200. The predicted octanol–water partition coefficient (Wildman–Crippen LogP) is 10.5. The van der Waals surface area contributed by atoms with Crippen LogP contribution >= 0.6 is 11.3 Å². The molecule has 3 nitrogen and oxygen atoms in total. The number of hydrogen-bond donors (Lipinski definition) is 0. The van der Waals surface area contributed by atoms with Crippen LogP contribution in [-0.4, -0.2) is 15.0 Å². The number of nitrogens with zero attached hydrogens (tertiary/aromatic N) is 3. The monoisotopic (exact) mass is 553 g/mol. The average molecular weight is 554 g/mol. The smallest absolute Gasteiger partial charge is 0.179 e. The lowest BCUT2D eigenvalue weighted by Gasteiger charge is -2.14. The van der Waals surface area contributed by atoms with Gasteiger partial charge < -0.3 is 0 Å². The molecule has 9 aromatic rings. The number of hydrogen-bond acceptors (Lipinski definition) is 4. The van der Waals surface area contributed by atoms with E-state index in [1.807, 2.05) is 17.4 Å². The molecule has 0 aliphatic rings. The summed E-state index contributed by atoms with van der Waals surface area (Å²) in [5.41, 5.74) is 5.94. The van der Waals surface area contributed by atoms with Crippen molar-refractivity contribution in [2.24, 2.45) is 0 Å². The summed E-state index contributed by atoms with van der Waals surface area (Å²) in [6, 6.07) is 42.8. The highest BCUT2D eigenvalue weighted by Gasteiger charge is 2.21. The molecule has 0 radical (unpaired) electrons. The van der Waals surface area contributed by atoms with Gasteiger partial charge in [0.15, 0.2) is 5.82 Å². The second-order valence-corrected chi connectivity index (χ2v) is 11.9. The van der Waals surface area contributed by atoms with Crippen LogP contribution in [0.3, 0.4) is 0 Å². The molecular weight excluding hydrogens is 531 g/mol. The minimum absolute atomic E-state index is 0.642. The number of para-hydroxylation sites is 1. The molecule has 6 aromatic carbocycles. The fourth-order valence-electron chi connectivity index (χ4n) is 6.37. The largest absolute Gasteiger partial charge is 0.243 e. The maximum Gasteiger partial charge on any atom is 0.179 e. The Morgan fingerprint density at radius 2 is 1.10 bits per heavy atom. The van der Waals surface area contributed by atoms with Crippen LogP contribution in [-0.2, 0) is 0 Å². The molecule has 3 heterocycles. The van der Waals surface area contributed by atoms with Crippen molar-refractivity contribution in [2.75, 3.05) is 0 Å². The molecule has 0 amide bonds. The highest BCUT2D eigenvalue weighted by atomic mass is 32.1. The second-order valence-electron chi connectivity index (χ2n) is 10.9. The van der Waals surface area contributed by atoms with Crippen molar-refractivity contribution in [1.82, 2.24) is 15.0 Å². The molecule has 0 saturated heterocycles. The molecular formula is C38H23N3S. The van der Waals surface area contributed by atoms with E-state index >= 15 is 0 Å². The molecule has 42 heavy (non-hydrogen) atoms. The van der Waals surface area contributed by atoms with Gasteiger partial charge in [-0.05, 0) is 29.8 Å². The Hall–Kier alpha value is -5.19. The SMILES string of the molecule is Cc1ccc(-c2nc(-c3nc4c(c5ccccc35)c3ccccc3c3sc5ccccc5c43)nc3ccccc23)cc1. The van der Waals surface area contributed by atoms with Crippen LogP contribution in [0.25, 0.3) is 86.3 Å². The van der Waals surface area contributed by atoms with Crippen molar-refractivity contribution in [3.8, 4) is 22.8 Å². The van der Waals surface area contributed by atoms with Gasteiger partial charge in [0.2, 0.25) is 0 Å². The van der Waals surface area contributed by atoms with Crippen molar-refractivity contribution >= 4 is 74.9 Å². The first-order valence-electron chi connectivity index (χ1n) is 14.1. The number of aryl methyl sites for hydroxylation is 1. The summed E-state index contributed by atoms with van der Waals surface area (Å²) in [4.78, 5) is 15.9. The predicted molar refractivity (Wildman–Crippen MR) is 178 cm³/mol. The van der Waals surface area contributed by atoms with Gasteiger partial charge in [-0.25, -0.2) is 15.0 Å². The van der Waals surface area contributed by atoms with Gasteiger partial charge in [-0.3, -0.25) is 0 Å². The number of thiophene rings is 1. The molecule has 0 fully saturated rings. The van der Waals surface area contributed by atoms with Crippen molar-refractivity contribution in [1.29, 1.82) is 0 Å². The lowest BCUT2D eigenvalue weighted by molar-refractivity contribution is 1.20. The summed E-state index contributed by atoms with van der Waals surface area (Å²) < 4.78 is 2.54. The van der Waals surface area contributed by atoms with Gasteiger partial charge in [0, 0.05) is 47.3 Å². The Bertz CT molecular complexity index is 2530. The van der Waals surface area contributed by atoms with Crippen molar-refractivity contribution in [2.45, 2.75) is 6.92 Å². The van der Waals surface area contributed by atoms with E-state index in [1.54, 1.807) is 0 Å².